The number of nitrogens with one attached hydrogen (secondary N) is 1. The smallest absolute Gasteiger partial charge is 0.141 e. The molecular weight excluding hydrogens is 212 g/mol. The van der Waals surface area contributed by atoms with Crippen LogP contribution in [-0.4, -0.2) is 15.0 Å². The van der Waals surface area contributed by atoms with E-state index in [1.807, 2.05) is 30.5 Å². The lowest BCUT2D eigenvalue weighted by Crippen LogP contribution is -1.90. The molecule has 0 bridgehead atoms. The number of hydrogen-bond donors (Lipinski definition) is 1. The lowest BCUT2D eigenvalue weighted by molar-refractivity contribution is 1.20. The van der Waals surface area contributed by atoms with Crippen LogP contribution >= 0.6 is 0 Å². The Kier molecular flexibility index (Phi) is 2.09. The fourth-order valence-corrected chi connectivity index (χ4v) is 1.87. The summed E-state index contributed by atoms with van der Waals surface area (Å²) >= 11 is 0. The Morgan fingerprint density at radius 1 is 1.12 bits per heavy atom. The van der Waals surface area contributed by atoms with E-state index in [1.165, 1.54) is 6.33 Å². The minimum absolute atomic E-state index is 0.619. The second-order valence-electron chi connectivity index (χ2n) is 3.62. The van der Waals surface area contributed by atoms with Crippen molar-refractivity contribution in [2.75, 3.05) is 0 Å². The van der Waals surface area contributed by atoms with Crippen LogP contribution < -0.4 is 0 Å². The van der Waals surface area contributed by atoms with E-state index in [2.05, 4.69) is 21.0 Å². The molecule has 80 valence electrons. The maximum Gasteiger partial charge on any atom is 0.141 e. The predicted molar refractivity (Wildman–Crippen MR) is 64.0 cm³/mol. The van der Waals surface area contributed by atoms with E-state index < -0.39 is 0 Å². The van der Waals surface area contributed by atoms with Crippen LogP contribution in [0.1, 0.15) is 5.56 Å². The van der Waals surface area contributed by atoms with E-state index in [4.69, 9.17) is 5.26 Å². The van der Waals surface area contributed by atoms with Gasteiger partial charge in [-0.25, -0.2) is 9.97 Å². The van der Waals surface area contributed by atoms with Crippen LogP contribution in [-0.2, 0) is 0 Å². The molecule has 0 aliphatic heterocycles. The molecule has 3 aromatic rings. The van der Waals surface area contributed by atoms with Gasteiger partial charge in [-0.15, -0.1) is 0 Å². The molecule has 0 aliphatic carbocycles. The third-order valence-electron chi connectivity index (χ3n) is 2.66. The second kappa shape index (κ2) is 3.72. The maximum atomic E-state index is 9.10. The average molecular weight is 220 g/mol. The first kappa shape index (κ1) is 9.55. The molecule has 4 heteroatoms. The van der Waals surface area contributed by atoms with E-state index in [1.54, 1.807) is 6.07 Å². The Balaban J connectivity index is 2.35. The zero-order valence-electron chi connectivity index (χ0n) is 8.88. The lowest BCUT2D eigenvalue weighted by Gasteiger charge is -2.03. The quantitative estimate of drug-likeness (QED) is 0.685. The topological polar surface area (TPSA) is 65.4 Å². The molecule has 0 saturated carbocycles. The van der Waals surface area contributed by atoms with Crippen molar-refractivity contribution < 1.29 is 0 Å². The molecule has 0 fully saturated rings. The summed E-state index contributed by atoms with van der Waals surface area (Å²) < 4.78 is 0. The van der Waals surface area contributed by atoms with Crippen LogP contribution in [0.5, 0.6) is 0 Å². The Morgan fingerprint density at radius 2 is 2.00 bits per heavy atom. The molecule has 1 aromatic carbocycles. The van der Waals surface area contributed by atoms with Gasteiger partial charge in [-0.1, -0.05) is 18.2 Å². The van der Waals surface area contributed by atoms with Gasteiger partial charge in [0.1, 0.15) is 12.0 Å². The van der Waals surface area contributed by atoms with Crippen molar-refractivity contribution in [3.8, 4) is 17.3 Å². The standard InChI is InChI=1S/C13H8N4/c14-7-9-3-1-2-4-10(9)12-11-5-6-15-13(11)17-8-16-12/h1-6,8H,(H,15,16,17). The molecule has 4 nitrogen and oxygen atoms in total. The minimum Gasteiger partial charge on any atom is -0.346 e. The molecule has 0 amide bonds. The number of benzene rings is 1. The van der Waals surface area contributed by atoms with Gasteiger partial charge < -0.3 is 4.98 Å². The Hall–Kier alpha value is -2.67. The van der Waals surface area contributed by atoms with Gasteiger partial charge in [0.2, 0.25) is 0 Å². The number of fused-ring (bicyclic) bond motifs is 1. The average Bonchev–Trinajstić information content (AvgIpc) is 2.86. The molecule has 0 spiro atoms. The van der Waals surface area contributed by atoms with E-state index in [0.717, 1.165) is 22.3 Å². The van der Waals surface area contributed by atoms with Gasteiger partial charge in [0, 0.05) is 17.1 Å². The molecule has 1 N–H and O–H groups in total. The van der Waals surface area contributed by atoms with Crippen LogP contribution in [0.25, 0.3) is 22.3 Å². The molecule has 2 heterocycles. The highest BCUT2D eigenvalue weighted by atomic mass is 14.9. The number of nitrogens with zero attached hydrogens (tertiary/aromatic N) is 3. The first-order valence-corrected chi connectivity index (χ1v) is 5.18. The number of H-pyrrole nitrogens is 1. The highest BCUT2D eigenvalue weighted by molar-refractivity contribution is 5.91. The number of aromatic nitrogens is 3. The Morgan fingerprint density at radius 3 is 2.88 bits per heavy atom. The minimum atomic E-state index is 0.619. The fraction of sp³-hybridized carbons (Fsp3) is 0. The molecule has 0 saturated heterocycles. The molecular formula is C13H8N4. The van der Waals surface area contributed by atoms with Crippen molar-refractivity contribution >= 4 is 11.0 Å². The number of rotatable bonds is 1. The van der Waals surface area contributed by atoms with Crippen LogP contribution in [0.4, 0.5) is 0 Å². The summed E-state index contributed by atoms with van der Waals surface area (Å²) in [4.78, 5) is 11.4. The molecule has 0 unspecified atom stereocenters. The number of hydrogen-bond acceptors (Lipinski definition) is 3. The van der Waals surface area contributed by atoms with E-state index in [-0.39, 0.29) is 0 Å². The molecule has 2 aromatic heterocycles. The second-order valence-corrected chi connectivity index (χ2v) is 3.62. The molecule has 0 atom stereocenters. The zero-order chi connectivity index (χ0) is 11.7. The molecule has 3 rings (SSSR count). The highest BCUT2D eigenvalue weighted by Gasteiger charge is 2.10. The normalized spacial score (nSPS) is 10.3. The zero-order valence-corrected chi connectivity index (χ0v) is 8.88. The maximum absolute atomic E-state index is 9.10. The van der Waals surface area contributed by atoms with Crippen LogP contribution in [0.15, 0.2) is 42.9 Å². The Labute approximate surface area is 97.6 Å². The Bertz CT molecular complexity index is 721. The van der Waals surface area contributed by atoms with Crippen molar-refractivity contribution in [3.63, 3.8) is 0 Å². The summed E-state index contributed by atoms with van der Waals surface area (Å²) in [6.45, 7) is 0. The van der Waals surface area contributed by atoms with Gasteiger partial charge in [0.15, 0.2) is 0 Å². The molecule has 0 aliphatic rings. The van der Waals surface area contributed by atoms with Gasteiger partial charge in [0.25, 0.3) is 0 Å². The van der Waals surface area contributed by atoms with Crippen molar-refractivity contribution in [2.45, 2.75) is 0 Å². The van der Waals surface area contributed by atoms with Crippen molar-refractivity contribution in [2.24, 2.45) is 0 Å². The lowest BCUT2D eigenvalue weighted by atomic mass is 10.0. The van der Waals surface area contributed by atoms with Crippen molar-refractivity contribution in [1.29, 1.82) is 5.26 Å². The van der Waals surface area contributed by atoms with Crippen LogP contribution in [0, 0.1) is 11.3 Å². The summed E-state index contributed by atoms with van der Waals surface area (Å²) in [5.74, 6) is 0. The highest BCUT2D eigenvalue weighted by Crippen LogP contribution is 2.26. The summed E-state index contributed by atoms with van der Waals surface area (Å²) in [5, 5.41) is 10.0. The molecule has 17 heavy (non-hydrogen) atoms. The van der Waals surface area contributed by atoms with Crippen LogP contribution in [0.2, 0.25) is 0 Å². The summed E-state index contributed by atoms with van der Waals surface area (Å²) in [5.41, 5.74) is 3.02. The largest absolute Gasteiger partial charge is 0.346 e. The summed E-state index contributed by atoms with van der Waals surface area (Å²) in [6.07, 6.45) is 3.32. The van der Waals surface area contributed by atoms with Crippen molar-refractivity contribution in [3.05, 3.63) is 48.4 Å². The fourth-order valence-electron chi connectivity index (χ4n) is 1.87. The van der Waals surface area contributed by atoms with Gasteiger partial charge in [0.05, 0.1) is 17.3 Å². The first-order chi connectivity index (χ1) is 8.40. The predicted octanol–water partition coefficient (Wildman–Crippen LogP) is 2.50. The van der Waals surface area contributed by atoms with E-state index >= 15 is 0 Å². The van der Waals surface area contributed by atoms with Crippen molar-refractivity contribution in [1.82, 2.24) is 15.0 Å². The summed E-state index contributed by atoms with van der Waals surface area (Å²) in [7, 11) is 0. The van der Waals surface area contributed by atoms with E-state index in [9.17, 15) is 0 Å². The summed E-state index contributed by atoms with van der Waals surface area (Å²) in [6, 6.07) is 11.5. The van der Waals surface area contributed by atoms with Gasteiger partial charge in [-0.05, 0) is 12.1 Å². The number of nitriles is 1. The first-order valence-electron chi connectivity index (χ1n) is 5.18. The SMILES string of the molecule is N#Cc1ccccc1-c1ncnc2[nH]ccc12. The molecule has 0 radical (unpaired) electrons. The van der Waals surface area contributed by atoms with Gasteiger partial charge >= 0.3 is 0 Å². The van der Waals surface area contributed by atoms with Gasteiger partial charge in [-0.3, -0.25) is 0 Å². The van der Waals surface area contributed by atoms with Crippen LogP contribution in [0.3, 0.4) is 0 Å². The van der Waals surface area contributed by atoms with Gasteiger partial charge in [-0.2, -0.15) is 5.26 Å². The number of aromatic amines is 1. The monoisotopic (exact) mass is 220 g/mol. The third-order valence-corrected chi connectivity index (χ3v) is 2.66. The van der Waals surface area contributed by atoms with E-state index in [0.29, 0.717) is 5.56 Å². The third kappa shape index (κ3) is 1.45.